The first-order valence-electron chi connectivity index (χ1n) is 5.95. The van der Waals surface area contributed by atoms with Crippen LogP contribution in [0.25, 0.3) is 0 Å². The van der Waals surface area contributed by atoms with Crippen LogP contribution in [-0.2, 0) is 0 Å². The Kier molecular flexibility index (Phi) is 4.76. The van der Waals surface area contributed by atoms with Crippen LogP contribution in [0.1, 0.15) is 11.4 Å². The van der Waals surface area contributed by atoms with E-state index in [2.05, 4.69) is 27.4 Å². The summed E-state index contributed by atoms with van der Waals surface area (Å²) in [5, 5.41) is 12.0. The van der Waals surface area contributed by atoms with Gasteiger partial charge in [0.2, 0.25) is 5.95 Å². The van der Waals surface area contributed by atoms with Crippen molar-refractivity contribution < 1.29 is 0 Å². The molecule has 5 heteroatoms. The second-order valence-corrected chi connectivity index (χ2v) is 5.09. The molecule has 0 aliphatic heterocycles. The molecule has 1 heterocycles. The Morgan fingerprint density at radius 3 is 2.79 bits per heavy atom. The molecule has 0 aliphatic rings. The maximum Gasteiger partial charge on any atom is 0.224 e. The average molecular weight is 270 g/mol. The molecule has 2 aromatic rings. The number of nitrogens with one attached hydrogen (secondary N) is 1. The van der Waals surface area contributed by atoms with Crippen molar-refractivity contribution in [2.24, 2.45) is 0 Å². The first kappa shape index (κ1) is 13.4. The van der Waals surface area contributed by atoms with Crippen LogP contribution >= 0.6 is 11.8 Å². The fourth-order valence-corrected chi connectivity index (χ4v) is 2.34. The van der Waals surface area contributed by atoms with Crippen LogP contribution in [0.15, 0.2) is 41.3 Å². The van der Waals surface area contributed by atoms with Crippen LogP contribution < -0.4 is 5.32 Å². The fourth-order valence-electron chi connectivity index (χ4n) is 1.55. The number of thioether (sulfide) groups is 1. The van der Waals surface area contributed by atoms with Crippen molar-refractivity contribution >= 4 is 17.7 Å². The van der Waals surface area contributed by atoms with E-state index < -0.39 is 0 Å². The van der Waals surface area contributed by atoms with Crippen LogP contribution in [0, 0.1) is 18.3 Å². The Hall–Kier alpha value is -2.06. The number of aromatic nitrogens is 2. The predicted octanol–water partition coefficient (Wildman–Crippen LogP) is 2.86. The highest BCUT2D eigenvalue weighted by Gasteiger charge is 2.01. The van der Waals surface area contributed by atoms with Crippen LogP contribution in [0.4, 0.5) is 5.95 Å². The Bertz CT molecular complexity index is 578. The summed E-state index contributed by atoms with van der Waals surface area (Å²) in [5.41, 5.74) is 1.19. The van der Waals surface area contributed by atoms with E-state index in [0.717, 1.165) is 18.0 Å². The zero-order valence-electron chi connectivity index (χ0n) is 10.6. The number of rotatable bonds is 5. The molecule has 19 heavy (non-hydrogen) atoms. The summed E-state index contributed by atoms with van der Waals surface area (Å²) in [6.07, 6.45) is 0. The molecule has 0 bridgehead atoms. The molecule has 2 rings (SSSR count). The second-order valence-electron chi connectivity index (χ2n) is 3.92. The second kappa shape index (κ2) is 6.76. The molecule has 0 amide bonds. The van der Waals surface area contributed by atoms with Crippen molar-refractivity contribution in [2.45, 2.75) is 11.8 Å². The number of hydrogen-bond acceptors (Lipinski definition) is 5. The van der Waals surface area contributed by atoms with Gasteiger partial charge in [-0.1, -0.05) is 18.2 Å². The van der Waals surface area contributed by atoms with E-state index in [9.17, 15) is 0 Å². The number of aryl methyl sites for hydroxylation is 1. The van der Waals surface area contributed by atoms with Gasteiger partial charge in [-0.05, 0) is 25.1 Å². The highest BCUT2D eigenvalue weighted by molar-refractivity contribution is 7.99. The number of hydrogen-bond donors (Lipinski definition) is 1. The molecule has 0 unspecified atom stereocenters. The highest BCUT2D eigenvalue weighted by Crippen LogP contribution is 2.16. The summed E-state index contributed by atoms with van der Waals surface area (Å²) < 4.78 is 0. The Balaban J connectivity index is 1.83. The van der Waals surface area contributed by atoms with Crippen molar-refractivity contribution in [1.82, 2.24) is 9.97 Å². The molecular weight excluding hydrogens is 256 g/mol. The molecule has 0 radical (unpaired) electrons. The highest BCUT2D eigenvalue weighted by atomic mass is 32.2. The quantitative estimate of drug-likeness (QED) is 0.668. The van der Waals surface area contributed by atoms with Crippen molar-refractivity contribution in [3.05, 3.63) is 47.8 Å². The fraction of sp³-hybridized carbons (Fsp3) is 0.214. The normalized spacial score (nSPS) is 9.89. The first-order valence-corrected chi connectivity index (χ1v) is 6.94. The van der Waals surface area contributed by atoms with E-state index in [4.69, 9.17) is 5.26 Å². The summed E-state index contributed by atoms with van der Waals surface area (Å²) in [6, 6.07) is 13.9. The number of anilines is 1. The third kappa shape index (κ3) is 4.27. The van der Waals surface area contributed by atoms with Crippen molar-refractivity contribution in [1.29, 1.82) is 5.26 Å². The SMILES string of the molecule is Cc1cc(C#N)nc(NCCSc2ccccc2)n1. The van der Waals surface area contributed by atoms with Gasteiger partial charge in [0, 0.05) is 22.9 Å². The molecule has 0 spiro atoms. The standard InChI is InChI=1S/C14H14N4S/c1-11-9-12(10-15)18-14(17-11)16-7-8-19-13-5-3-2-4-6-13/h2-6,9H,7-8H2,1H3,(H,16,17,18). The summed E-state index contributed by atoms with van der Waals surface area (Å²) in [6.45, 7) is 2.61. The largest absolute Gasteiger partial charge is 0.353 e. The molecule has 0 aliphatic carbocycles. The third-order valence-corrected chi connectivity index (χ3v) is 3.38. The lowest BCUT2D eigenvalue weighted by Crippen LogP contribution is -2.08. The van der Waals surface area contributed by atoms with Gasteiger partial charge in [-0.2, -0.15) is 5.26 Å². The van der Waals surface area contributed by atoms with Crippen molar-refractivity contribution in [2.75, 3.05) is 17.6 Å². The number of nitriles is 1. The van der Waals surface area contributed by atoms with E-state index in [1.807, 2.05) is 31.2 Å². The minimum Gasteiger partial charge on any atom is -0.353 e. The molecule has 96 valence electrons. The maximum absolute atomic E-state index is 8.83. The molecule has 1 aromatic heterocycles. The molecular formula is C14H14N4S. The van der Waals surface area contributed by atoms with Crippen LogP contribution in [-0.4, -0.2) is 22.3 Å². The minimum absolute atomic E-state index is 0.394. The number of nitrogens with zero attached hydrogens (tertiary/aromatic N) is 3. The smallest absolute Gasteiger partial charge is 0.224 e. The van der Waals surface area contributed by atoms with Crippen LogP contribution in [0.5, 0.6) is 0 Å². The molecule has 0 fully saturated rings. The van der Waals surface area contributed by atoms with Gasteiger partial charge in [0.05, 0.1) is 0 Å². The Morgan fingerprint density at radius 1 is 1.26 bits per heavy atom. The number of benzene rings is 1. The van der Waals surface area contributed by atoms with Gasteiger partial charge >= 0.3 is 0 Å². The zero-order chi connectivity index (χ0) is 13.5. The molecule has 1 aromatic carbocycles. The molecule has 0 atom stereocenters. The minimum atomic E-state index is 0.394. The van der Waals surface area contributed by atoms with Gasteiger partial charge in [0.25, 0.3) is 0 Å². The average Bonchev–Trinajstić information content (AvgIpc) is 2.44. The lowest BCUT2D eigenvalue weighted by molar-refractivity contribution is 1.04. The Labute approximate surface area is 116 Å². The van der Waals surface area contributed by atoms with Gasteiger partial charge in [-0.3, -0.25) is 0 Å². The Morgan fingerprint density at radius 2 is 2.05 bits per heavy atom. The molecule has 4 nitrogen and oxygen atoms in total. The van der Waals surface area contributed by atoms with Crippen LogP contribution in [0.3, 0.4) is 0 Å². The van der Waals surface area contributed by atoms with Gasteiger partial charge in [-0.15, -0.1) is 11.8 Å². The topological polar surface area (TPSA) is 61.6 Å². The summed E-state index contributed by atoms with van der Waals surface area (Å²) >= 11 is 1.77. The van der Waals surface area contributed by atoms with E-state index in [-0.39, 0.29) is 0 Å². The van der Waals surface area contributed by atoms with E-state index in [1.165, 1.54) is 4.90 Å². The monoisotopic (exact) mass is 270 g/mol. The van der Waals surface area contributed by atoms with E-state index >= 15 is 0 Å². The zero-order valence-corrected chi connectivity index (χ0v) is 11.4. The lowest BCUT2D eigenvalue weighted by atomic mass is 10.3. The third-order valence-electron chi connectivity index (χ3n) is 2.37. The van der Waals surface area contributed by atoms with Gasteiger partial charge in [0.1, 0.15) is 11.8 Å². The van der Waals surface area contributed by atoms with Crippen LogP contribution in [0.2, 0.25) is 0 Å². The summed E-state index contributed by atoms with van der Waals surface area (Å²) in [5.74, 6) is 1.44. The summed E-state index contributed by atoms with van der Waals surface area (Å²) in [7, 11) is 0. The molecule has 1 N–H and O–H groups in total. The van der Waals surface area contributed by atoms with Crippen molar-refractivity contribution in [3.8, 4) is 6.07 Å². The van der Waals surface area contributed by atoms with Gasteiger partial charge < -0.3 is 5.32 Å². The first-order chi connectivity index (χ1) is 9.28. The maximum atomic E-state index is 8.83. The van der Waals surface area contributed by atoms with E-state index in [1.54, 1.807) is 17.8 Å². The van der Waals surface area contributed by atoms with E-state index in [0.29, 0.717) is 11.6 Å². The lowest BCUT2D eigenvalue weighted by Gasteiger charge is -2.05. The predicted molar refractivity (Wildman–Crippen MR) is 77.1 cm³/mol. The van der Waals surface area contributed by atoms with Gasteiger partial charge in [0.15, 0.2) is 0 Å². The molecule has 0 saturated carbocycles. The van der Waals surface area contributed by atoms with Gasteiger partial charge in [-0.25, -0.2) is 9.97 Å². The summed E-state index contributed by atoms with van der Waals surface area (Å²) in [4.78, 5) is 9.59. The molecule has 0 saturated heterocycles. The van der Waals surface area contributed by atoms with Crippen molar-refractivity contribution in [3.63, 3.8) is 0 Å².